The van der Waals surface area contributed by atoms with Gasteiger partial charge >= 0.3 is 0 Å². The molecule has 0 aliphatic carbocycles. The molecule has 0 bridgehead atoms. The van der Waals surface area contributed by atoms with E-state index in [2.05, 4.69) is 15.3 Å². The van der Waals surface area contributed by atoms with Gasteiger partial charge < -0.3 is 0 Å². The van der Waals surface area contributed by atoms with E-state index in [4.69, 9.17) is 0 Å². The topological polar surface area (TPSA) is 92.3 Å². The first-order valence-corrected chi connectivity index (χ1v) is 11.0. The molecule has 2 heterocycles. The number of nitrogens with zero attached hydrogens (tertiary/aromatic N) is 3. The molecule has 1 N–H and O–H groups in total. The van der Waals surface area contributed by atoms with Crippen molar-refractivity contribution in [2.45, 2.75) is 24.8 Å². The molecule has 0 atom stereocenters. The van der Waals surface area contributed by atoms with E-state index in [1.165, 1.54) is 7.05 Å². The number of rotatable bonds is 6. The van der Waals surface area contributed by atoms with Crippen molar-refractivity contribution in [1.29, 1.82) is 0 Å². The normalized spacial score (nSPS) is 11.8. The summed E-state index contributed by atoms with van der Waals surface area (Å²) in [5.74, 6) is -1.61. The molecule has 0 unspecified atom stereocenters. The van der Waals surface area contributed by atoms with E-state index in [9.17, 15) is 17.6 Å². The predicted molar refractivity (Wildman–Crippen MR) is 110 cm³/mol. The fraction of sp³-hybridized carbons (Fsp3) is 0.211. The van der Waals surface area contributed by atoms with Crippen LogP contribution >= 0.6 is 11.3 Å². The number of carbonyl (C=O) groups excluding carboxylic acids is 1. The second kappa shape index (κ2) is 8.36. The van der Waals surface area contributed by atoms with Crippen molar-refractivity contribution in [2.75, 3.05) is 12.4 Å². The average Bonchev–Trinajstić information content (AvgIpc) is 3.16. The number of hydrogen-bond donors (Lipinski definition) is 1. The van der Waals surface area contributed by atoms with Gasteiger partial charge in [0.1, 0.15) is 11.5 Å². The third-order valence-electron chi connectivity index (χ3n) is 4.24. The van der Waals surface area contributed by atoms with Gasteiger partial charge in [-0.05, 0) is 44.2 Å². The van der Waals surface area contributed by atoms with Gasteiger partial charge in [-0.1, -0.05) is 6.07 Å². The molecule has 7 nitrogen and oxygen atoms in total. The number of aromatic nitrogens is 2. The molecule has 1 amide bonds. The first kappa shape index (κ1) is 21.0. The van der Waals surface area contributed by atoms with Crippen LogP contribution in [-0.4, -0.2) is 41.7 Å². The van der Waals surface area contributed by atoms with Crippen molar-refractivity contribution in [3.05, 3.63) is 59.4 Å². The van der Waals surface area contributed by atoms with Crippen LogP contribution in [-0.2, 0) is 10.0 Å². The van der Waals surface area contributed by atoms with E-state index in [-0.39, 0.29) is 21.6 Å². The van der Waals surface area contributed by atoms with Crippen LogP contribution in [0.4, 0.5) is 9.52 Å². The van der Waals surface area contributed by atoms with Crippen LogP contribution in [0.1, 0.15) is 24.2 Å². The molecular formula is C19H19FN4O3S2. The van der Waals surface area contributed by atoms with Crippen molar-refractivity contribution in [1.82, 2.24) is 14.3 Å². The van der Waals surface area contributed by atoms with E-state index in [0.717, 1.165) is 33.8 Å². The van der Waals surface area contributed by atoms with Gasteiger partial charge in [0, 0.05) is 24.7 Å². The Bertz CT molecular complexity index is 1130. The monoisotopic (exact) mass is 434 g/mol. The maximum Gasteiger partial charge on any atom is 0.260 e. The van der Waals surface area contributed by atoms with E-state index in [1.807, 2.05) is 6.07 Å². The summed E-state index contributed by atoms with van der Waals surface area (Å²) in [5, 5.41) is 4.48. The number of carbonyl (C=O) groups is 1. The van der Waals surface area contributed by atoms with Gasteiger partial charge in [0.05, 0.1) is 16.2 Å². The van der Waals surface area contributed by atoms with Crippen LogP contribution in [0.2, 0.25) is 0 Å². The SMILES string of the molecule is CC(C)N(C)S(=O)(=O)c1ccc(F)c(C(=O)Nc2nc(-c3ccccn3)cs2)c1. The Morgan fingerprint density at radius 1 is 1.21 bits per heavy atom. The third kappa shape index (κ3) is 4.50. The molecule has 0 aliphatic rings. The van der Waals surface area contributed by atoms with Gasteiger partial charge in [0.15, 0.2) is 5.13 Å². The molecule has 10 heteroatoms. The van der Waals surface area contributed by atoms with Crippen molar-refractivity contribution in [3.8, 4) is 11.4 Å². The molecule has 0 spiro atoms. The van der Waals surface area contributed by atoms with Gasteiger partial charge in [-0.3, -0.25) is 15.1 Å². The zero-order valence-corrected chi connectivity index (χ0v) is 17.6. The lowest BCUT2D eigenvalue weighted by molar-refractivity contribution is 0.102. The van der Waals surface area contributed by atoms with Crippen molar-refractivity contribution in [3.63, 3.8) is 0 Å². The quantitative estimate of drug-likeness (QED) is 0.640. The first-order valence-electron chi connectivity index (χ1n) is 8.66. The van der Waals surface area contributed by atoms with E-state index in [0.29, 0.717) is 11.4 Å². The van der Waals surface area contributed by atoms with Crippen LogP contribution < -0.4 is 5.32 Å². The first-order chi connectivity index (χ1) is 13.7. The van der Waals surface area contributed by atoms with Gasteiger partial charge in [0.2, 0.25) is 10.0 Å². The number of anilines is 1. The minimum Gasteiger partial charge on any atom is -0.298 e. The zero-order valence-electron chi connectivity index (χ0n) is 16.0. The lowest BCUT2D eigenvalue weighted by atomic mass is 10.2. The summed E-state index contributed by atoms with van der Waals surface area (Å²) in [4.78, 5) is 20.9. The van der Waals surface area contributed by atoms with E-state index < -0.39 is 21.7 Å². The van der Waals surface area contributed by atoms with Crippen LogP contribution in [0.25, 0.3) is 11.4 Å². The van der Waals surface area contributed by atoms with E-state index in [1.54, 1.807) is 37.6 Å². The molecule has 3 aromatic rings. The summed E-state index contributed by atoms with van der Waals surface area (Å²) in [6.45, 7) is 3.44. The molecule has 0 radical (unpaired) electrons. The molecule has 29 heavy (non-hydrogen) atoms. The second-order valence-corrected chi connectivity index (χ2v) is 9.32. The lowest BCUT2D eigenvalue weighted by Crippen LogP contribution is -2.33. The van der Waals surface area contributed by atoms with Crippen molar-refractivity contribution >= 4 is 32.4 Å². The van der Waals surface area contributed by atoms with Gasteiger partial charge in [0.25, 0.3) is 5.91 Å². The highest BCUT2D eigenvalue weighted by atomic mass is 32.2. The molecule has 2 aromatic heterocycles. The number of pyridine rings is 1. The fourth-order valence-electron chi connectivity index (χ4n) is 2.41. The Morgan fingerprint density at radius 3 is 2.62 bits per heavy atom. The van der Waals surface area contributed by atoms with Crippen molar-refractivity contribution in [2.24, 2.45) is 0 Å². The smallest absolute Gasteiger partial charge is 0.260 e. The summed E-state index contributed by atoms with van der Waals surface area (Å²) in [6, 6.07) is 8.23. The molecule has 152 valence electrons. The highest BCUT2D eigenvalue weighted by Crippen LogP contribution is 2.25. The highest BCUT2D eigenvalue weighted by molar-refractivity contribution is 7.89. The van der Waals surface area contributed by atoms with E-state index >= 15 is 0 Å². The maximum absolute atomic E-state index is 14.2. The van der Waals surface area contributed by atoms with Crippen LogP contribution in [0, 0.1) is 5.82 Å². The Labute approximate surface area is 172 Å². The molecule has 0 saturated carbocycles. The number of benzene rings is 1. The number of hydrogen-bond acceptors (Lipinski definition) is 6. The Hall–Kier alpha value is -2.69. The van der Waals surface area contributed by atoms with Crippen molar-refractivity contribution < 1.29 is 17.6 Å². The summed E-state index contributed by atoms with van der Waals surface area (Å²) >= 11 is 1.16. The van der Waals surface area contributed by atoms with Crippen LogP contribution in [0.3, 0.4) is 0 Å². The molecule has 1 aromatic carbocycles. The van der Waals surface area contributed by atoms with Gasteiger partial charge in [-0.2, -0.15) is 4.31 Å². The predicted octanol–water partition coefficient (Wildman–Crippen LogP) is 3.63. The molecule has 0 saturated heterocycles. The number of amides is 1. The Kier molecular flexibility index (Phi) is 6.06. The number of thiazole rings is 1. The van der Waals surface area contributed by atoms with Gasteiger partial charge in [-0.25, -0.2) is 17.8 Å². The minimum absolute atomic E-state index is 0.159. The third-order valence-corrected chi connectivity index (χ3v) is 7.03. The largest absolute Gasteiger partial charge is 0.298 e. The summed E-state index contributed by atoms with van der Waals surface area (Å²) in [6.07, 6.45) is 1.63. The standard InChI is InChI=1S/C19H19FN4O3S2/c1-12(2)24(3)29(26,27)13-7-8-15(20)14(10-13)18(25)23-19-22-17(11-28-19)16-6-4-5-9-21-16/h4-12H,1-3H3,(H,22,23,25). The average molecular weight is 435 g/mol. The van der Waals surface area contributed by atoms with Gasteiger partial charge in [-0.15, -0.1) is 11.3 Å². The molecule has 0 aliphatic heterocycles. The summed E-state index contributed by atoms with van der Waals surface area (Å²) < 4.78 is 40.7. The molecule has 0 fully saturated rings. The Balaban J connectivity index is 1.86. The summed E-state index contributed by atoms with van der Waals surface area (Å²) in [7, 11) is -2.42. The second-order valence-electron chi connectivity index (χ2n) is 6.46. The molecular weight excluding hydrogens is 415 g/mol. The fourth-order valence-corrected chi connectivity index (χ4v) is 4.50. The highest BCUT2D eigenvalue weighted by Gasteiger charge is 2.25. The number of sulfonamides is 1. The summed E-state index contributed by atoms with van der Waals surface area (Å²) in [5.41, 5.74) is 0.833. The zero-order chi connectivity index (χ0) is 21.2. The maximum atomic E-state index is 14.2. The van der Waals surface area contributed by atoms with Crippen LogP contribution in [0.15, 0.2) is 52.9 Å². The number of nitrogens with one attached hydrogen (secondary N) is 1. The lowest BCUT2D eigenvalue weighted by Gasteiger charge is -2.21. The molecule has 3 rings (SSSR count). The minimum atomic E-state index is -3.85. The van der Waals surface area contributed by atoms with Crippen LogP contribution in [0.5, 0.6) is 0 Å². The Morgan fingerprint density at radius 2 is 1.97 bits per heavy atom. The number of halogens is 1.